The average Bonchev–Trinajstić information content (AvgIpc) is 2.90. The Hall–Kier alpha value is -1.50. The van der Waals surface area contributed by atoms with E-state index in [0.717, 1.165) is 25.3 Å². The number of hydrogen-bond donors (Lipinski definition) is 3. The third-order valence-electron chi connectivity index (χ3n) is 3.40. The molecule has 0 saturated carbocycles. The molecular weight excluding hydrogens is 246 g/mol. The van der Waals surface area contributed by atoms with E-state index >= 15 is 0 Å². The van der Waals surface area contributed by atoms with Gasteiger partial charge in [-0.05, 0) is 32.0 Å². The molecule has 19 heavy (non-hydrogen) atoms. The van der Waals surface area contributed by atoms with Crippen LogP contribution in [0.5, 0.6) is 0 Å². The summed E-state index contributed by atoms with van der Waals surface area (Å²) >= 11 is 0. The van der Waals surface area contributed by atoms with Crippen LogP contribution in [0, 0.1) is 0 Å². The van der Waals surface area contributed by atoms with Crippen LogP contribution in [0.25, 0.3) is 0 Å². The molecule has 2 unspecified atom stereocenters. The molecule has 0 aromatic carbocycles. The van der Waals surface area contributed by atoms with Gasteiger partial charge in [0.15, 0.2) is 0 Å². The molecule has 1 aromatic rings. The number of rotatable bonds is 5. The van der Waals surface area contributed by atoms with E-state index < -0.39 is 18.1 Å². The summed E-state index contributed by atoms with van der Waals surface area (Å²) in [5.41, 5.74) is 6.73. The number of aliphatic hydroxyl groups is 1. The van der Waals surface area contributed by atoms with Crippen LogP contribution in [-0.4, -0.2) is 45.2 Å². The highest BCUT2D eigenvalue weighted by Gasteiger charge is 2.23. The normalized spacial score (nSPS) is 19.3. The third kappa shape index (κ3) is 3.50. The molecule has 1 fully saturated rings. The fourth-order valence-electron chi connectivity index (χ4n) is 2.22. The van der Waals surface area contributed by atoms with E-state index in [0.29, 0.717) is 5.56 Å². The van der Waals surface area contributed by atoms with Crippen LogP contribution in [0.1, 0.15) is 30.2 Å². The minimum absolute atomic E-state index is 0.431. The van der Waals surface area contributed by atoms with E-state index in [2.05, 4.69) is 9.88 Å². The van der Waals surface area contributed by atoms with Crippen LogP contribution in [0.2, 0.25) is 0 Å². The predicted octanol–water partition coefficient (Wildman–Crippen LogP) is 0.123. The second-order valence-corrected chi connectivity index (χ2v) is 4.87. The Morgan fingerprint density at radius 2 is 2.11 bits per heavy atom. The lowest BCUT2D eigenvalue weighted by molar-refractivity contribution is -0.141. The number of aliphatic hydroxyl groups excluding tert-OH is 1. The molecule has 1 aliphatic rings. The Balaban J connectivity index is 1.99. The molecule has 2 heterocycles. The number of aliphatic carboxylic acids is 1. The zero-order valence-corrected chi connectivity index (χ0v) is 10.7. The third-order valence-corrected chi connectivity index (χ3v) is 3.40. The molecule has 6 heteroatoms. The minimum atomic E-state index is -1.33. The van der Waals surface area contributed by atoms with Gasteiger partial charge in [-0.15, -0.1) is 0 Å². The predicted molar refractivity (Wildman–Crippen MR) is 69.3 cm³/mol. The first-order valence-electron chi connectivity index (χ1n) is 6.41. The molecule has 0 spiro atoms. The maximum Gasteiger partial charge on any atom is 0.323 e. The number of pyridine rings is 1. The summed E-state index contributed by atoms with van der Waals surface area (Å²) in [6, 6.07) is 2.17. The number of nitrogens with two attached hydrogens (primary N) is 1. The van der Waals surface area contributed by atoms with E-state index in [1.807, 2.05) is 6.07 Å². The van der Waals surface area contributed by atoms with Crippen LogP contribution in [0.3, 0.4) is 0 Å². The lowest BCUT2D eigenvalue weighted by Crippen LogP contribution is -2.36. The fourth-order valence-corrected chi connectivity index (χ4v) is 2.22. The van der Waals surface area contributed by atoms with E-state index in [1.54, 1.807) is 6.07 Å². The second-order valence-electron chi connectivity index (χ2n) is 4.87. The summed E-state index contributed by atoms with van der Waals surface area (Å²) in [6.07, 6.45) is 2.72. The van der Waals surface area contributed by atoms with Crippen LogP contribution in [0.4, 0.5) is 0 Å². The highest BCUT2D eigenvalue weighted by molar-refractivity contribution is 5.74. The Bertz CT molecular complexity index is 429. The second kappa shape index (κ2) is 6.10. The number of carboxylic acid groups (broad SMARTS) is 1. The number of hydrogen-bond acceptors (Lipinski definition) is 5. The molecule has 1 aliphatic heterocycles. The first-order valence-corrected chi connectivity index (χ1v) is 6.41. The van der Waals surface area contributed by atoms with E-state index in [9.17, 15) is 9.90 Å². The molecule has 6 nitrogen and oxygen atoms in total. The maximum absolute atomic E-state index is 10.7. The minimum Gasteiger partial charge on any atom is -0.480 e. The van der Waals surface area contributed by atoms with Gasteiger partial charge in [0.05, 0.1) is 5.69 Å². The summed E-state index contributed by atoms with van der Waals surface area (Å²) in [5.74, 6) is -1.23. The Labute approximate surface area is 111 Å². The molecule has 104 valence electrons. The van der Waals surface area contributed by atoms with Gasteiger partial charge in [-0.3, -0.25) is 14.7 Å². The van der Waals surface area contributed by atoms with Crippen molar-refractivity contribution in [2.24, 2.45) is 5.73 Å². The molecule has 0 radical (unpaired) electrons. The van der Waals surface area contributed by atoms with Crippen molar-refractivity contribution in [2.75, 3.05) is 13.1 Å². The van der Waals surface area contributed by atoms with Gasteiger partial charge in [-0.25, -0.2) is 0 Å². The Morgan fingerprint density at radius 3 is 2.63 bits per heavy atom. The number of likely N-dealkylation sites (tertiary alicyclic amines) is 1. The van der Waals surface area contributed by atoms with Gasteiger partial charge in [-0.1, -0.05) is 6.07 Å². The van der Waals surface area contributed by atoms with Gasteiger partial charge >= 0.3 is 5.97 Å². The number of aromatic nitrogens is 1. The smallest absolute Gasteiger partial charge is 0.323 e. The van der Waals surface area contributed by atoms with Crippen LogP contribution < -0.4 is 5.73 Å². The largest absolute Gasteiger partial charge is 0.480 e. The van der Waals surface area contributed by atoms with E-state index in [1.165, 1.54) is 19.0 Å². The lowest BCUT2D eigenvalue weighted by Gasteiger charge is -2.16. The molecule has 0 amide bonds. The van der Waals surface area contributed by atoms with Gasteiger partial charge in [0.25, 0.3) is 0 Å². The summed E-state index contributed by atoms with van der Waals surface area (Å²) in [7, 11) is 0. The average molecular weight is 265 g/mol. The first kappa shape index (κ1) is 13.9. The van der Waals surface area contributed by atoms with Crippen molar-refractivity contribution in [3.05, 3.63) is 29.6 Å². The Morgan fingerprint density at radius 1 is 1.42 bits per heavy atom. The summed E-state index contributed by atoms with van der Waals surface area (Å²) < 4.78 is 0. The SMILES string of the molecule is NC(C(=O)O)C(O)c1ccc(CN2CCCC2)nc1. The summed E-state index contributed by atoms with van der Waals surface area (Å²) in [4.78, 5) is 17.3. The highest BCUT2D eigenvalue weighted by Crippen LogP contribution is 2.16. The molecule has 1 saturated heterocycles. The number of carbonyl (C=O) groups is 1. The van der Waals surface area contributed by atoms with Crippen molar-refractivity contribution in [1.29, 1.82) is 0 Å². The molecule has 1 aromatic heterocycles. The molecule has 4 N–H and O–H groups in total. The van der Waals surface area contributed by atoms with Gasteiger partial charge in [0.2, 0.25) is 0 Å². The molecule has 2 atom stereocenters. The van der Waals surface area contributed by atoms with E-state index in [4.69, 9.17) is 10.8 Å². The summed E-state index contributed by atoms with van der Waals surface area (Å²) in [6.45, 7) is 2.98. The van der Waals surface area contributed by atoms with Crippen molar-refractivity contribution in [2.45, 2.75) is 31.5 Å². The van der Waals surface area contributed by atoms with Crippen molar-refractivity contribution in [3.8, 4) is 0 Å². The maximum atomic E-state index is 10.7. The Kier molecular flexibility index (Phi) is 4.47. The molecule has 0 bridgehead atoms. The summed E-state index contributed by atoms with van der Waals surface area (Å²) in [5, 5.41) is 18.5. The van der Waals surface area contributed by atoms with Crippen LogP contribution in [-0.2, 0) is 11.3 Å². The van der Waals surface area contributed by atoms with Gasteiger partial charge in [0, 0.05) is 18.3 Å². The zero-order chi connectivity index (χ0) is 13.8. The zero-order valence-electron chi connectivity index (χ0n) is 10.7. The van der Waals surface area contributed by atoms with Crippen molar-refractivity contribution in [1.82, 2.24) is 9.88 Å². The number of nitrogens with zero attached hydrogens (tertiary/aromatic N) is 2. The van der Waals surface area contributed by atoms with Gasteiger partial charge in [-0.2, -0.15) is 0 Å². The number of carboxylic acids is 1. The van der Waals surface area contributed by atoms with Crippen LogP contribution >= 0.6 is 0 Å². The monoisotopic (exact) mass is 265 g/mol. The molecule has 2 rings (SSSR count). The molecular formula is C13H19N3O3. The van der Waals surface area contributed by atoms with Crippen molar-refractivity contribution in [3.63, 3.8) is 0 Å². The quantitative estimate of drug-likeness (QED) is 0.699. The topological polar surface area (TPSA) is 99.7 Å². The highest BCUT2D eigenvalue weighted by atomic mass is 16.4. The van der Waals surface area contributed by atoms with Crippen molar-refractivity contribution < 1.29 is 15.0 Å². The fraction of sp³-hybridized carbons (Fsp3) is 0.538. The van der Waals surface area contributed by atoms with E-state index in [-0.39, 0.29) is 0 Å². The van der Waals surface area contributed by atoms with Gasteiger partial charge in [0.1, 0.15) is 12.1 Å². The standard InChI is InChI=1S/C13H19N3O3/c14-11(13(18)19)12(17)9-3-4-10(15-7-9)8-16-5-1-2-6-16/h3-4,7,11-12,17H,1-2,5-6,8,14H2,(H,18,19). The van der Waals surface area contributed by atoms with Crippen molar-refractivity contribution >= 4 is 5.97 Å². The van der Waals surface area contributed by atoms with Crippen LogP contribution in [0.15, 0.2) is 18.3 Å². The first-order chi connectivity index (χ1) is 9.08. The molecule has 0 aliphatic carbocycles. The lowest BCUT2D eigenvalue weighted by atomic mass is 10.0. The van der Waals surface area contributed by atoms with Gasteiger partial charge < -0.3 is 15.9 Å².